The minimum atomic E-state index is -0.793. The molecule has 9 nitrogen and oxygen atoms in total. The first-order valence-electron chi connectivity index (χ1n) is 8.65. The molecule has 3 rings (SSSR count). The summed E-state index contributed by atoms with van der Waals surface area (Å²) in [6.07, 6.45) is 0. The van der Waals surface area contributed by atoms with Gasteiger partial charge in [-0.15, -0.1) is 0 Å². The molecule has 3 N–H and O–H groups in total. The molecule has 0 fully saturated rings. The predicted molar refractivity (Wildman–Crippen MR) is 109 cm³/mol. The third-order valence-corrected chi connectivity index (χ3v) is 4.42. The lowest BCUT2D eigenvalue weighted by atomic mass is 10.2. The van der Waals surface area contributed by atoms with Gasteiger partial charge in [0.15, 0.2) is 16.7 Å². The molecule has 0 aliphatic carbocycles. The van der Waals surface area contributed by atoms with Crippen LogP contribution in [0.15, 0.2) is 56.5 Å². The summed E-state index contributed by atoms with van der Waals surface area (Å²) in [5.41, 5.74) is 5.33. The van der Waals surface area contributed by atoms with Gasteiger partial charge in [-0.05, 0) is 29.3 Å². The fourth-order valence-corrected chi connectivity index (χ4v) is 2.97. The molecule has 2 heterocycles. The van der Waals surface area contributed by atoms with Gasteiger partial charge >= 0.3 is 5.69 Å². The van der Waals surface area contributed by atoms with Crippen LogP contribution in [0.1, 0.15) is 16.1 Å². The number of hydrogen-bond acceptors (Lipinski definition) is 6. The number of H-pyrrole nitrogens is 1. The third-order valence-electron chi connectivity index (χ3n) is 4.22. The molecular formula is C19H19ClN4O5. The molecule has 0 spiro atoms. The number of furan rings is 1. The van der Waals surface area contributed by atoms with E-state index in [0.717, 1.165) is 10.5 Å². The van der Waals surface area contributed by atoms with Crippen LogP contribution in [0.25, 0.3) is 0 Å². The van der Waals surface area contributed by atoms with E-state index >= 15 is 0 Å². The van der Waals surface area contributed by atoms with Crippen molar-refractivity contribution in [3.8, 4) is 0 Å². The van der Waals surface area contributed by atoms with E-state index in [-0.39, 0.29) is 42.2 Å². The second kappa shape index (κ2) is 8.80. The number of nitrogens with zero attached hydrogens (tertiary/aromatic N) is 2. The van der Waals surface area contributed by atoms with Crippen molar-refractivity contribution in [2.45, 2.75) is 6.54 Å². The quantitative estimate of drug-likeness (QED) is 0.602. The van der Waals surface area contributed by atoms with Gasteiger partial charge in [0.05, 0.1) is 19.7 Å². The summed E-state index contributed by atoms with van der Waals surface area (Å²) in [5, 5.41) is 0.0240. The second-order valence-electron chi connectivity index (χ2n) is 6.12. The smallest absolute Gasteiger partial charge is 0.330 e. The predicted octanol–water partition coefficient (Wildman–Crippen LogP) is 1.71. The fourth-order valence-electron chi connectivity index (χ4n) is 2.82. The average molecular weight is 419 g/mol. The van der Waals surface area contributed by atoms with Crippen molar-refractivity contribution in [2.75, 3.05) is 30.9 Å². The lowest BCUT2D eigenvalue weighted by Gasteiger charge is -2.23. The number of rotatable bonds is 7. The van der Waals surface area contributed by atoms with E-state index < -0.39 is 17.2 Å². The van der Waals surface area contributed by atoms with Gasteiger partial charge in [0, 0.05) is 7.11 Å². The highest BCUT2D eigenvalue weighted by molar-refractivity contribution is 6.29. The van der Waals surface area contributed by atoms with Gasteiger partial charge < -0.3 is 14.9 Å². The average Bonchev–Trinajstić information content (AvgIpc) is 3.14. The largest absolute Gasteiger partial charge is 0.440 e. The molecule has 0 atom stereocenters. The summed E-state index contributed by atoms with van der Waals surface area (Å²) in [6.45, 7) is 0.246. The number of carbonyl (C=O) groups is 1. The molecular weight excluding hydrogens is 400 g/mol. The molecule has 10 heteroatoms. The number of nitrogen functional groups attached to an aromatic ring is 1. The Kier molecular flexibility index (Phi) is 6.20. The lowest BCUT2D eigenvalue weighted by molar-refractivity contribution is 0.0949. The van der Waals surface area contributed by atoms with Gasteiger partial charge in [0.2, 0.25) is 0 Å². The number of aromatic nitrogens is 2. The highest BCUT2D eigenvalue weighted by atomic mass is 35.5. The summed E-state index contributed by atoms with van der Waals surface area (Å²) in [7, 11) is 1.45. The normalized spacial score (nSPS) is 10.8. The Hall–Kier alpha value is -3.30. The minimum absolute atomic E-state index is 0.00444. The number of benzene rings is 1. The zero-order valence-corrected chi connectivity index (χ0v) is 16.3. The van der Waals surface area contributed by atoms with Crippen LogP contribution in [0.3, 0.4) is 0 Å². The third kappa shape index (κ3) is 4.41. The number of nitrogens with one attached hydrogen (secondary N) is 1. The molecule has 0 bridgehead atoms. The number of ether oxygens (including phenoxy) is 1. The molecule has 0 radical (unpaired) electrons. The van der Waals surface area contributed by atoms with Crippen molar-refractivity contribution in [3.63, 3.8) is 0 Å². The van der Waals surface area contributed by atoms with Crippen molar-refractivity contribution >= 4 is 29.0 Å². The Morgan fingerprint density at radius 2 is 1.97 bits per heavy atom. The molecule has 152 valence electrons. The van der Waals surface area contributed by atoms with E-state index in [1.54, 1.807) is 0 Å². The molecule has 2 aromatic heterocycles. The van der Waals surface area contributed by atoms with E-state index in [2.05, 4.69) is 4.98 Å². The fraction of sp³-hybridized carbons (Fsp3) is 0.211. The number of aromatic amines is 1. The Labute approximate surface area is 170 Å². The van der Waals surface area contributed by atoms with Gasteiger partial charge in [-0.1, -0.05) is 30.3 Å². The number of methoxy groups -OCH3 is 1. The Bertz CT molecular complexity index is 1120. The van der Waals surface area contributed by atoms with Crippen molar-refractivity contribution in [1.82, 2.24) is 9.55 Å². The number of anilines is 2. The summed E-state index contributed by atoms with van der Waals surface area (Å²) in [5.74, 6) is -0.869. The first-order valence-corrected chi connectivity index (χ1v) is 9.02. The summed E-state index contributed by atoms with van der Waals surface area (Å²) in [6, 6.07) is 11.9. The first-order chi connectivity index (χ1) is 13.9. The molecule has 0 aliphatic heterocycles. The number of halogens is 1. The molecule has 1 aromatic carbocycles. The van der Waals surface area contributed by atoms with Crippen molar-refractivity contribution in [2.24, 2.45) is 0 Å². The van der Waals surface area contributed by atoms with Gasteiger partial charge in [0.25, 0.3) is 11.5 Å². The van der Waals surface area contributed by atoms with Crippen molar-refractivity contribution in [3.05, 3.63) is 79.8 Å². The number of nitrogens with two attached hydrogens (primary N) is 1. The maximum absolute atomic E-state index is 12.9. The van der Waals surface area contributed by atoms with Crippen LogP contribution in [0.5, 0.6) is 0 Å². The van der Waals surface area contributed by atoms with E-state index in [0.29, 0.717) is 0 Å². The highest BCUT2D eigenvalue weighted by Crippen LogP contribution is 2.22. The molecule has 0 saturated carbocycles. The molecule has 0 unspecified atom stereocenters. The second-order valence-corrected chi connectivity index (χ2v) is 6.49. The van der Waals surface area contributed by atoms with Gasteiger partial charge in [-0.3, -0.25) is 24.0 Å². The van der Waals surface area contributed by atoms with Gasteiger partial charge in [-0.2, -0.15) is 0 Å². The van der Waals surface area contributed by atoms with Crippen LogP contribution in [-0.2, 0) is 11.3 Å². The van der Waals surface area contributed by atoms with Crippen LogP contribution < -0.4 is 21.9 Å². The Morgan fingerprint density at radius 3 is 2.59 bits per heavy atom. The maximum atomic E-state index is 12.9. The first kappa shape index (κ1) is 20.4. The highest BCUT2D eigenvalue weighted by Gasteiger charge is 2.27. The maximum Gasteiger partial charge on any atom is 0.330 e. The standard InChI is InChI=1S/C19H19ClN4O5/c1-28-10-9-23(18(26)13-7-8-14(20)29-13)15-16(21)24(19(27)22-17(15)25)11-12-5-3-2-4-6-12/h2-8H,9-11,21H2,1H3,(H,22,25,27). The van der Waals surface area contributed by atoms with Crippen LogP contribution in [0.2, 0.25) is 5.22 Å². The summed E-state index contributed by atoms with van der Waals surface area (Å²) < 4.78 is 11.4. The van der Waals surface area contributed by atoms with Gasteiger partial charge in [-0.25, -0.2) is 4.79 Å². The van der Waals surface area contributed by atoms with Crippen LogP contribution in [0, 0.1) is 0 Å². The molecule has 1 amide bonds. The van der Waals surface area contributed by atoms with Crippen LogP contribution in [0.4, 0.5) is 11.5 Å². The molecule has 3 aromatic rings. The van der Waals surface area contributed by atoms with E-state index in [1.807, 2.05) is 30.3 Å². The summed E-state index contributed by atoms with van der Waals surface area (Å²) >= 11 is 5.76. The molecule has 29 heavy (non-hydrogen) atoms. The molecule has 0 saturated heterocycles. The van der Waals surface area contributed by atoms with E-state index in [1.165, 1.54) is 23.8 Å². The Balaban J connectivity index is 2.09. The zero-order chi connectivity index (χ0) is 21.0. The lowest BCUT2D eigenvalue weighted by Crippen LogP contribution is -2.42. The summed E-state index contributed by atoms with van der Waals surface area (Å²) in [4.78, 5) is 41.2. The zero-order valence-electron chi connectivity index (χ0n) is 15.6. The SMILES string of the molecule is COCCN(C(=O)c1ccc(Cl)o1)c1c(N)n(Cc2ccccc2)c(=O)[nH]c1=O. The number of hydrogen-bond donors (Lipinski definition) is 2. The van der Waals surface area contributed by atoms with Crippen molar-refractivity contribution in [1.29, 1.82) is 0 Å². The number of amides is 1. The minimum Gasteiger partial charge on any atom is -0.440 e. The van der Waals surface area contributed by atoms with Gasteiger partial charge in [0.1, 0.15) is 5.82 Å². The van der Waals surface area contributed by atoms with E-state index in [4.69, 9.17) is 26.5 Å². The Morgan fingerprint density at radius 1 is 1.24 bits per heavy atom. The van der Waals surface area contributed by atoms with E-state index in [9.17, 15) is 14.4 Å². The monoisotopic (exact) mass is 418 g/mol. The number of carbonyl (C=O) groups excluding carboxylic acids is 1. The van der Waals surface area contributed by atoms with Crippen LogP contribution in [-0.4, -0.2) is 35.7 Å². The van der Waals surface area contributed by atoms with Crippen molar-refractivity contribution < 1.29 is 13.9 Å². The molecule has 0 aliphatic rings. The topological polar surface area (TPSA) is 124 Å². The van der Waals surface area contributed by atoms with Crippen LogP contribution >= 0.6 is 11.6 Å².